The molecule has 0 nitrogen and oxygen atoms in total. The van der Waals surface area contributed by atoms with Crippen LogP contribution in [0.3, 0.4) is 0 Å². The van der Waals surface area contributed by atoms with Crippen LogP contribution in [-0.4, -0.2) is 18.2 Å². The Bertz CT molecular complexity index is 116. The highest BCUT2D eigenvalue weighted by molar-refractivity contribution is 9.23. The molecule has 0 radical (unpaired) electrons. The van der Waals surface area contributed by atoms with Crippen molar-refractivity contribution in [2.24, 2.45) is 11.8 Å². The molecule has 0 aromatic rings. The van der Waals surface area contributed by atoms with Crippen LogP contribution in [0.4, 0.5) is 0 Å². The third-order valence-corrected chi connectivity index (χ3v) is 7.34. The third-order valence-electron chi connectivity index (χ3n) is 3.27. The third kappa shape index (κ3) is 2.60. The molecule has 1 aliphatic carbocycles. The second kappa shape index (κ2) is 5.08. The lowest BCUT2D eigenvalue weighted by Crippen LogP contribution is -2.23. The van der Waals surface area contributed by atoms with Gasteiger partial charge in [0.15, 0.2) is 0 Å². The lowest BCUT2D eigenvalue weighted by molar-refractivity contribution is 0.277. The number of halogens is 1. The molecule has 0 aromatic heterocycles. The van der Waals surface area contributed by atoms with Crippen LogP contribution >= 0.6 is 12.9 Å². The summed E-state index contributed by atoms with van der Waals surface area (Å²) in [4.78, 5) is 0. The van der Waals surface area contributed by atoms with Gasteiger partial charge in [-0.05, 0) is 0 Å². The highest BCUT2D eigenvalue weighted by Crippen LogP contribution is 2.40. The zero-order chi connectivity index (χ0) is 8.27. The summed E-state index contributed by atoms with van der Waals surface area (Å²) >= 11 is 3.85. The number of rotatable bonds is 2. The van der Waals surface area contributed by atoms with E-state index in [1.54, 1.807) is 0 Å². The Hall–Kier alpha value is 1.25. The molecule has 0 bridgehead atoms. The van der Waals surface area contributed by atoms with E-state index in [4.69, 9.17) is 0 Å². The van der Waals surface area contributed by atoms with E-state index in [0.717, 1.165) is 15.9 Å². The molecule has 0 amide bonds. The SMILES string of the molecule is CCC1CCCC(C)[CH]1[Mg][Br]. The fraction of sp³-hybridized carbons (Fsp3) is 1.00. The smallest absolute Gasteiger partial charge is 0.306 e. The van der Waals surface area contributed by atoms with Gasteiger partial charge in [-0.15, -0.1) is 4.05 Å². The van der Waals surface area contributed by atoms with Crippen molar-refractivity contribution < 1.29 is 0 Å². The van der Waals surface area contributed by atoms with Crippen LogP contribution in [0, 0.1) is 11.8 Å². The van der Waals surface area contributed by atoms with Gasteiger partial charge in [-0.3, -0.25) is 0 Å². The molecule has 11 heavy (non-hydrogen) atoms. The van der Waals surface area contributed by atoms with Crippen molar-refractivity contribution in [2.45, 2.75) is 43.6 Å². The summed E-state index contributed by atoms with van der Waals surface area (Å²) in [5.74, 6) is 2.07. The van der Waals surface area contributed by atoms with Crippen LogP contribution in [0.5, 0.6) is 0 Å². The lowest BCUT2D eigenvalue weighted by atomic mass is 9.80. The summed E-state index contributed by atoms with van der Waals surface area (Å²) in [5, 5.41) is 0. The maximum absolute atomic E-state index is 3.77. The summed E-state index contributed by atoms with van der Waals surface area (Å²) in [6.45, 7) is 4.80. The molecule has 0 saturated heterocycles. The normalized spacial score (nSPS) is 38.3. The Morgan fingerprint density at radius 2 is 2.18 bits per heavy atom. The number of hydrogen-bond acceptors (Lipinski definition) is 0. The molecule has 1 aliphatic rings. The Morgan fingerprint density at radius 1 is 1.45 bits per heavy atom. The molecule has 0 spiro atoms. The largest absolute Gasteiger partial charge is 0.472 e. The molecule has 0 aliphatic heterocycles. The summed E-state index contributed by atoms with van der Waals surface area (Å²) in [6, 6.07) is 0. The Balaban J connectivity index is 2.48. The van der Waals surface area contributed by atoms with Gasteiger partial charge in [0.2, 0.25) is 0 Å². The van der Waals surface area contributed by atoms with E-state index in [-0.39, 0.29) is 18.2 Å². The van der Waals surface area contributed by atoms with Crippen molar-refractivity contribution >= 4 is 31.1 Å². The average Bonchev–Trinajstić information content (AvgIpc) is 2.04. The first-order valence-corrected chi connectivity index (χ1v) is 9.57. The summed E-state index contributed by atoms with van der Waals surface area (Å²) in [5.41, 5.74) is 0. The first kappa shape index (κ1) is 10.3. The van der Waals surface area contributed by atoms with Gasteiger partial charge in [0, 0.05) is 0 Å². The van der Waals surface area contributed by atoms with Crippen molar-refractivity contribution in [3.8, 4) is 0 Å². The van der Waals surface area contributed by atoms with Crippen LogP contribution in [0.2, 0.25) is 4.05 Å². The fourth-order valence-electron chi connectivity index (χ4n) is 2.38. The second-order valence-electron chi connectivity index (χ2n) is 3.89. The van der Waals surface area contributed by atoms with Gasteiger partial charge in [-0.2, -0.15) is 0 Å². The van der Waals surface area contributed by atoms with Crippen LogP contribution in [0.25, 0.3) is 0 Å². The molecule has 1 saturated carbocycles. The van der Waals surface area contributed by atoms with E-state index in [2.05, 4.69) is 26.7 Å². The van der Waals surface area contributed by atoms with Gasteiger partial charge in [-0.25, -0.2) is 0 Å². The minimum Gasteiger partial charge on any atom is -0.306 e. The predicted octanol–water partition coefficient (Wildman–Crippen LogP) is 3.64. The van der Waals surface area contributed by atoms with E-state index in [0.29, 0.717) is 0 Å². The van der Waals surface area contributed by atoms with Crippen LogP contribution in [-0.2, 0) is 0 Å². The zero-order valence-electron chi connectivity index (χ0n) is 7.65. The minimum absolute atomic E-state index is 0.0748. The molecule has 0 N–H and O–H groups in total. The van der Waals surface area contributed by atoms with E-state index >= 15 is 0 Å². The van der Waals surface area contributed by atoms with Crippen LogP contribution in [0.1, 0.15) is 39.5 Å². The fourth-order valence-corrected chi connectivity index (χ4v) is 7.24. The van der Waals surface area contributed by atoms with Gasteiger partial charge in [0.1, 0.15) is 0 Å². The molecular formula is C9H17BrMg. The zero-order valence-corrected chi connectivity index (χ0v) is 10.6. The minimum atomic E-state index is 0.0748. The van der Waals surface area contributed by atoms with Crippen molar-refractivity contribution in [3.05, 3.63) is 0 Å². The Morgan fingerprint density at radius 3 is 2.64 bits per heavy atom. The second-order valence-corrected chi connectivity index (χ2v) is 7.09. The van der Waals surface area contributed by atoms with E-state index < -0.39 is 0 Å². The van der Waals surface area contributed by atoms with Gasteiger partial charge in [0.05, 0.1) is 0 Å². The van der Waals surface area contributed by atoms with E-state index in [1.165, 1.54) is 25.7 Å². The van der Waals surface area contributed by atoms with Gasteiger partial charge >= 0.3 is 18.2 Å². The maximum Gasteiger partial charge on any atom is 0.472 e. The molecular weight excluding hydrogens is 212 g/mol. The molecule has 62 valence electrons. The molecule has 0 heterocycles. The van der Waals surface area contributed by atoms with Gasteiger partial charge in [0.25, 0.3) is 0 Å². The summed E-state index contributed by atoms with van der Waals surface area (Å²) in [7, 11) is 0. The molecule has 0 aromatic carbocycles. The Kier molecular flexibility index (Phi) is 4.77. The monoisotopic (exact) mass is 228 g/mol. The van der Waals surface area contributed by atoms with Crippen molar-refractivity contribution in [1.82, 2.24) is 0 Å². The quantitative estimate of drug-likeness (QED) is 0.634. The highest BCUT2D eigenvalue weighted by atomic mass is 79.9. The van der Waals surface area contributed by atoms with Gasteiger partial charge < -0.3 is 12.9 Å². The first-order chi connectivity index (χ1) is 5.29. The predicted molar refractivity (Wildman–Crippen MR) is 55.2 cm³/mol. The van der Waals surface area contributed by atoms with Crippen molar-refractivity contribution in [3.63, 3.8) is 0 Å². The lowest BCUT2D eigenvalue weighted by Gasteiger charge is -2.35. The van der Waals surface area contributed by atoms with Crippen molar-refractivity contribution in [2.75, 3.05) is 0 Å². The van der Waals surface area contributed by atoms with Crippen LogP contribution < -0.4 is 0 Å². The molecule has 1 fully saturated rings. The van der Waals surface area contributed by atoms with Crippen molar-refractivity contribution in [1.29, 1.82) is 0 Å². The Labute approximate surface area is 86.1 Å². The molecule has 1 rings (SSSR count). The summed E-state index contributed by atoms with van der Waals surface area (Å²) < 4.78 is 1.09. The first-order valence-electron chi connectivity index (χ1n) is 4.85. The van der Waals surface area contributed by atoms with Crippen LogP contribution in [0.15, 0.2) is 0 Å². The van der Waals surface area contributed by atoms with Gasteiger partial charge in [-0.1, -0.05) is 51.4 Å². The molecule has 3 atom stereocenters. The summed E-state index contributed by atoms with van der Waals surface area (Å²) in [6.07, 6.45) is 5.88. The number of hydrogen-bond donors (Lipinski definition) is 0. The maximum atomic E-state index is 3.77. The molecule has 3 unspecified atom stereocenters. The highest BCUT2D eigenvalue weighted by Gasteiger charge is 2.29. The van der Waals surface area contributed by atoms with E-state index in [9.17, 15) is 0 Å². The average molecular weight is 229 g/mol. The standard InChI is InChI=1S/C9H17.BrH.Mg/c1-3-9-6-4-5-8(2)7-9;;/h7-9H,3-6H2,1-2H3;1H;/q;;+1/p-1. The topological polar surface area (TPSA) is 0 Å². The van der Waals surface area contributed by atoms with E-state index in [1.807, 2.05) is 0 Å². The molecule has 2 heteroatoms.